The van der Waals surface area contributed by atoms with E-state index in [-0.39, 0.29) is 35.7 Å². The second kappa shape index (κ2) is 8.58. The quantitative estimate of drug-likeness (QED) is 0.614. The van der Waals surface area contributed by atoms with Gasteiger partial charge in [0, 0.05) is 12.5 Å². The summed E-state index contributed by atoms with van der Waals surface area (Å²) < 4.78 is 1.51. The van der Waals surface area contributed by atoms with E-state index < -0.39 is 0 Å². The number of hydrogen-bond acceptors (Lipinski definition) is 5. The number of anilines is 2. The molecular weight excluding hydrogens is 402 g/mol. The summed E-state index contributed by atoms with van der Waals surface area (Å²) in [5.41, 5.74) is 1.93. The van der Waals surface area contributed by atoms with Gasteiger partial charge in [-0.15, -0.1) is 5.10 Å². The molecule has 0 saturated carbocycles. The molecule has 0 fully saturated rings. The SMILES string of the molecule is CC1CC(=O)Nc2ccccc2N1C(=O)CSc1n[nH]c(=O)n1Cc1ccccc1. The summed E-state index contributed by atoms with van der Waals surface area (Å²) in [7, 11) is 0. The van der Waals surface area contributed by atoms with Gasteiger partial charge >= 0.3 is 5.69 Å². The fourth-order valence-corrected chi connectivity index (χ4v) is 4.29. The zero-order valence-electron chi connectivity index (χ0n) is 16.4. The van der Waals surface area contributed by atoms with Gasteiger partial charge < -0.3 is 10.2 Å². The lowest BCUT2D eigenvalue weighted by molar-refractivity contribution is -0.117. The topological polar surface area (TPSA) is 100 Å². The van der Waals surface area contributed by atoms with Gasteiger partial charge in [-0.3, -0.25) is 14.2 Å². The van der Waals surface area contributed by atoms with Gasteiger partial charge in [-0.05, 0) is 24.6 Å². The lowest BCUT2D eigenvalue weighted by Crippen LogP contribution is -2.40. The highest BCUT2D eigenvalue weighted by Crippen LogP contribution is 2.32. The summed E-state index contributed by atoms with van der Waals surface area (Å²) in [6.07, 6.45) is 0.214. The van der Waals surface area contributed by atoms with Crippen LogP contribution in [0.5, 0.6) is 0 Å². The van der Waals surface area contributed by atoms with Gasteiger partial charge in [-0.1, -0.05) is 54.2 Å². The minimum Gasteiger partial charge on any atom is -0.324 e. The summed E-state index contributed by atoms with van der Waals surface area (Å²) in [4.78, 5) is 39.1. The van der Waals surface area contributed by atoms with Crippen LogP contribution in [-0.2, 0) is 16.1 Å². The molecule has 30 heavy (non-hydrogen) atoms. The van der Waals surface area contributed by atoms with E-state index in [1.807, 2.05) is 55.5 Å². The molecule has 9 heteroatoms. The van der Waals surface area contributed by atoms with Gasteiger partial charge in [0.05, 0.1) is 23.7 Å². The molecule has 2 amide bonds. The number of para-hydroxylation sites is 2. The van der Waals surface area contributed by atoms with Crippen molar-refractivity contribution in [3.8, 4) is 0 Å². The number of amides is 2. The van der Waals surface area contributed by atoms with Crippen molar-refractivity contribution in [2.75, 3.05) is 16.0 Å². The number of aromatic nitrogens is 3. The zero-order chi connectivity index (χ0) is 21.1. The largest absolute Gasteiger partial charge is 0.344 e. The van der Waals surface area contributed by atoms with E-state index in [0.717, 1.165) is 5.56 Å². The zero-order valence-corrected chi connectivity index (χ0v) is 17.2. The molecule has 1 unspecified atom stereocenters. The van der Waals surface area contributed by atoms with E-state index in [4.69, 9.17) is 0 Å². The van der Waals surface area contributed by atoms with Crippen molar-refractivity contribution >= 4 is 35.0 Å². The Labute approximate surface area is 177 Å². The van der Waals surface area contributed by atoms with Crippen molar-refractivity contribution in [1.29, 1.82) is 0 Å². The van der Waals surface area contributed by atoms with Gasteiger partial charge in [-0.25, -0.2) is 9.89 Å². The Hall–Kier alpha value is -3.33. The van der Waals surface area contributed by atoms with Crippen molar-refractivity contribution in [3.05, 3.63) is 70.6 Å². The average Bonchev–Trinajstić information content (AvgIpc) is 3.01. The Balaban J connectivity index is 1.53. The minimum absolute atomic E-state index is 0.0892. The normalized spacial score (nSPS) is 16.0. The summed E-state index contributed by atoms with van der Waals surface area (Å²) in [5, 5.41) is 9.83. The monoisotopic (exact) mass is 423 g/mol. The van der Waals surface area contributed by atoms with Gasteiger partial charge in [-0.2, -0.15) is 0 Å². The molecule has 4 rings (SSSR count). The number of carbonyl (C=O) groups is 2. The molecule has 0 bridgehead atoms. The molecule has 0 aliphatic carbocycles. The molecule has 2 heterocycles. The van der Waals surface area contributed by atoms with Crippen LogP contribution in [0.25, 0.3) is 0 Å². The van der Waals surface area contributed by atoms with Crippen LogP contribution in [0.1, 0.15) is 18.9 Å². The first kappa shape index (κ1) is 20.0. The standard InChI is InChI=1S/C21H21N5O3S/c1-14-11-18(27)22-16-9-5-6-10-17(16)26(14)19(28)13-30-21-24-23-20(29)25(21)12-15-7-3-2-4-8-15/h2-10,14H,11-13H2,1H3,(H,22,27)(H,23,29). The number of nitrogens with one attached hydrogen (secondary N) is 2. The third kappa shape index (κ3) is 4.16. The van der Waals surface area contributed by atoms with Crippen LogP contribution in [0.4, 0.5) is 11.4 Å². The lowest BCUT2D eigenvalue weighted by atomic mass is 10.2. The van der Waals surface area contributed by atoms with Gasteiger partial charge in [0.15, 0.2) is 5.16 Å². The summed E-state index contributed by atoms with van der Waals surface area (Å²) >= 11 is 1.20. The molecule has 2 aromatic carbocycles. The molecule has 2 N–H and O–H groups in total. The molecule has 3 aromatic rings. The molecule has 1 aliphatic heterocycles. The third-order valence-corrected chi connectivity index (χ3v) is 5.82. The summed E-state index contributed by atoms with van der Waals surface area (Å²) in [6, 6.07) is 16.6. The number of thioether (sulfide) groups is 1. The van der Waals surface area contributed by atoms with Crippen molar-refractivity contribution in [2.45, 2.75) is 31.1 Å². The predicted molar refractivity (Wildman–Crippen MR) is 116 cm³/mol. The Kier molecular flexibility index (Phi) is 5.71. The number of aromatic amines is 1. The fraction of sp³-hybridized carbons (Fsp3) is 0.238. The Morgan fingerprint density at radius 1 is 1.13 bits per heavy atom. The number of benzene rings is 2. The highest BCUT2D eigenvalue weighted by Gasteiger charge is 2.29. The number of rotatable bonds is 5. The van der Waals surface area contributed by atoms with E-state index in [1.54, 1.807) is 11.0 Å². The first-order valence-corrected chi connectivity index (χ1v) is 10.5. The molecule has 0 spiro atoms. The minimum atomic E-state index is -0.322. The van der Waals surface area contributed by atoms with Crippen molar-refractivity contribution in [3.63, 3.8) is 0 Å². The molecule has 0 radical (unpaired) electrons. The maximum Gasteiger partial charge on any atom is 0.344 e. The molecule has 0 saturated heterocycles. The van der Waals surface area contributed by atoms with Gasteiger partial charge in [0.1, 0.15) is 0 Å². The Morgan fingerprint density at radius 2 is 1.87 bits per heavy atom. The van der Waals surface area contributed by atoms with E-state index in [1.165, 1.54) is 16.3 Å². The van der Waals surface area contributed by atoms with Gasteiger partial charge in [0.2, 0.25) is 11.8 Å². The van der Waals surface area contributed by atoms with Crippen LogP contribution in [-0.4, -0.2) is 38.4 Å². The number of fused-ring (bicyclic) bond motifs is 1. The molecular formula is C21H21N5O3S. The number of H-pyrrole nitrogens is 1. The average molecular weight is 423 g/mol. The Morgan fingerprint density at radius 3 is 2.67 bits per heavy atom. The predicted octanol–water partition coefficient (Wildman–Crippen LogP) is 2.48. The van der Waals surface area contributed by atoms with Crippen LogP contribution in [0.3, 0.4) is 0 Å². The second-order valence-electron chi connectivity index (χ2n) is 7.05. The first-order valence-electron chi connectivity index (χ1n) is 9.56. The maximum absolute atomic E-state index is 13.1. The molecule has 154 valence electrons. The number of carbonyl (C=O) groups excluding carboxylic acids is 2. The van der Waals surface area contributed by atoms with E-state index in [9.17, 15) is 14.4 Å². The van der Waals surface area contributed by atoms with Crippen LogP contribution in [0, 0.1) is 0 Å². The van der Waals surface area contributed by atoms with Crippen molar-refractivity contribution in [1.82, 2.24) is 14.8 Å². The first-order chi connectivity index (χ1) is 14.5. The fourth-order valence-electron chi connectivity index (χ4n) is 3.48. The van der Waals surface area contributed by atoms with E-state index in [2.05, 4.69) is 15.5 Å². The van der Waals surface area contributed by atoms with E-state index in [0.29, 0.717) is 23.1 Å². The second-order valence-corrected chi connectivity index (χ2v) is 8.00. The summed E-state index contributed by atoms with van der Waals surface area (Å²) in [5.74, 6) is -0.188. The molecule has 1 aromatic heterocycles. The maximum atomic E-state index is 13.1. The molecule has 1 aliphatic rings. The van der Waals surface area contributed by atoms with E-state index >= 15 is 0 Å². The van der Waals surface area contributed by atoms with Crippen LogP contribution >= 0.6 is 11.8 Å². The third-order valence-electron chi connectivity index (χ3n) is 4.86. The smallest absolute Gasteiger partial charge is 0.324 e. The van der Waals surface area contributed by atoms with Crippen LogP contribution in [0.2, 0.25) is 0 Å². The lowest BCUT2D eigenvalue weighted by Gasteiger charge is -2.27. The Bertz CT molecular complexity index is 1120. The highest BCUT2D eigenvalue weighted by molar-refractivity contribution is 7.99. The number of nitrogens with zero attached hydrogens (tertiary/aromatic N) is 3. The van der Waals surface area contributed by atoms with Crippen molar-refractivity contribution < 1.29 is 9.59 Å². The van der Waals surface area contributed by atoms with Gasteiger partial charge in [0.25, 0.3) is 0 Å². The highest BCUT2D eigenvalue weighted by atomic mass is 32.2. The van der Waals surface area contributed by atoms with Crippen LogP contribution in [0.15, 0.2) is 64.5 Å². The van der Waals surface area contributed by atoms with Crippen molar-refractivity contribution in [2.24, 2.45) is 0 Å². The van der Waals surface area contributed by atoms with Crippen LogP contribution < -0.4 is 15.9 Å². The molecule has 1 atom stereocenters. The summed E-state index contributed by atoms with van der Waals surface area (Å²) in [6.45, 7) is 2.22. The number of hydrogen-bond donors (Lipinski definition) is 2. The molecule has 8 nitrogen and oxygen atoms in total.